The van der Waals surface area contributed by atoms with Crippen molar-refractivity contribution in [2.24, 2.45) is 4.99 Å². The van der Waals surface area contributed by atoms with Crippen LogP contribution in [0.3, 0.4) is 0 Å². The number of hydrogen-bond donors (Lipinski definition) is 2. The predicted molar refractivity (Wildman–Crippen MR) is 116 cm³/mol. The second kappa shape index (κ2) is 10.5. The van der Waals surface area contributed by atoms with E-state index < -0.39 is 0 Å². The highest BCUT2D eigenvalue weighted by Crippen LogP contribution is 2.17. The minimum Gasteiger partial charge on any atom is -0.497 e. The zero-order valence-corrected chi connectivity index (χ0v) is 17.3. The molecule has 1 saturated heterocycles. The summed E-state index contributed by atoms with van der Waals surface area (Å²) in [6.07, 6.45) is 1.63. The van der Waals surface area contributed by atoms with Crippen molar-refractivity contribution < 1.29 is 9.53 Å². The zero-order chi connectivity index (χ0) is 20.5. The van der Waals surface area contributed by atoms with E-state index in [0.717, 1.165) is 36.8 Å². The largest absolute Gasteiger partial charge is 0.497 e. The van der Waals surface area contributed by atoms with E-state index in [1.807, 2.05) is 41.3 Å². The minimum atomic E-state index is 0.252. The van der Waals surface area contributed by atoms with Crippen LogP contribution >= 0.6 is 0 Å². The number of carbonyl (C=O) groups is 1. The number of aliphatic imine (C=N–C) groups is 1. The molecule has 2 aromatic carbocycles. The second-order valence-electron chi connectivity index (χ2n) is 7.08. The smallest absolute Gasteiger partial charge is 0.222 e. The number of rotatable bonds is 8. The van der Waals surface area contributed by atoms with Crippen molar-refractivity contribution in [2.45, 2.75) is 39.4 Å². The Morgan fingerprint density at radius 1 is 1.10 bits per heavy atom. The van der Waals surface area contributed by atoms with Gasteiger partial charge in [0.05, 0.1) is 13.7 Å². The number of carbonyl (C=O) groups excluding carboxylic acids is 1. The van der Waals surface area contributed by atoms with Crippen LogP contribution in [0.4, 0.5) is 0 Å². The highest BCUT2D eigenvalue weighted by atomic mass is 16.5. The van der Waals surface area contributed by atoms with Crippen LogP contribution in [-0.2, 0) is 24.4 Å². The summed E-state index contributed by atoms with van der Waals surface area (Å²) in [7, 11) is 1.66. The second-order valence-corrected chi connectivity index (χ2v) is 7.08. The highest BCUT2D eigenvalue weighted by molar-refractivity contribution is 5.80. The summed E-state index contributed by atoms with van der Waals surface area (Å²) in [5.41, 5.74) is 3.49. The third-order valence-corrected chi connectivity index (χ3v) is 5.02. The summed E-state index contributed by atoms with van der Waals surface area (Å²) in [5, 5.41) is 6.71. The standard InChI is InChI=1S/C23H30N4O2/c1-3-24-23(25-15-18-10-12-21(29-2)13-11-18)26-16-19-7-4-5-8-20(19)17-27-14-6-9-22(27)28/h4-5,7-8,10-13H,3,6,9,14-17H2,1-2H3,(H2,24,25,26). The van der Waals surface area contributed by atoms with E-state index in [9.17, 15) is 4.79 Å². The summed E-state index contributed by atoms with van der Waals surface area (Å²) in [5.74, 6) is 1.87. The van der Waals surface area contributed by atoms with E-state index in [4.69, 9.17) is 4.74 Å². The normalized spacial score (nSPS) is 14.2. The lowest BCUT2D eigenvalue weighted by atomic mass is 10.1. The van der Waals surface area contributed by atoms with Crippen LogP contribution in [0.25, 0.3) is 0 Å². The monoisotopic (exact) mass is 394 g/mol. The van der Waals surface area contributed by atoms with Crippen molar-refractivity contribution in [3.05, 3.63) is 65.2 Å². The molecule has 6 heteroatoms. The number of benzene rings is 2. The highest BCUT2D eigenvalue weighted by Gasteiger charge is 2.20. The molecular formula is C23H30N4O2. The Hall–Kier alpha value is -3.02. The molecular weight excluding hydrogens is 364 g/mol. The number of nitrogens with one attached hydrogen (secondary N) is 2. The maximum atomic E-state index is 12.0. The molecule has 0 saturated carbocycles. The van der Waals surface area contributed by atoms with Crippen molar-refractivity contribution in [1.29, 1.82) is 0 Å². The fourth-order valence-corrected chi connectivity index (χ4v) is 3.38. The third-order valence-electron chi connectivity index (χ3n) is 5.02. The summed E-state index contributed by atoms with van der Waals surface area (Å²) < 4.78 is 5.20. The molecule has 6 nitrogen and oxygen atoms in total. The number of hydrogen-bond acceptors (Lipinski definition) is 3. The summed E-state index contributed by atoms with van der Waals surface area (Å²) in [6, 6.07) is 16.2. The van der Waals surface area contributed by atoms with Crippen molar-refractivity contribution in [2.75, 3.05) is 20.2 Å². The van der Waals surface area contributed by atoms with Crippen LogP contribution in [0.2, 0.25) is 0 Å². The molecule has 2 N–H and O–H groups in total. The van der Waals surface area contributed by atoms with Gasteiger partial charge in [-0.25, -0.2) is 4.99 Å². The van der Waals surface area contributed by atoms with Gasteiger partial charge in [-0.05, 0) is 42.2 Å². The first-order valence-electron chi connectivity index (χ1n) is 10.2. The number of guanidine groups is 1. The lowest BCUT2D eigenvalue weighted by Crippen LogP contribution is -2.37. The Balaban J connectivity index is 1.63. The molecule has 0 aliphatic carbocycles. The van der Waals surface area contributed by atoms with E-state index in [1.54, 1.807) is 7.11 Å². The van der Waals surface area contributed by atoms with Gasteiger partial charge in [-0.15, -0.1) is 0 Å². The summed E-state index contributed by atoms with van der Waals surface area (Å²) in [6.45, 7) is 5.62. The molecule has 29 heavy (non-hydrogen) atoms. The molecule has 2 aromatic rings. The first-order chi connectivity index (χ1) is 14.2. The van der Waals surface area contributed by atoms with Crippen LogP contribution in [-0.4, -0.2) is 37.0 Å². The molecule has 0 atom stereocenters. The third kappa shape index (κ3) is 5.98. The lowest BCUT2D eigenvalue weighted by Gasteiger charge is -2.19. The van der Waals surface area contributed by atoms with Crippen LogP contribution < -0.4 is 15.4 Å². The Kier molecular flexibility index (Phi) is 7.50. The number of amides is 1. The van der Waals surface area contributed by atoms with Crippen LogP contribution in [0.1, 0.15) is 36.5 Å². The predicted octanol–water partition coefficient (Wildman–Crippen LogP) is 3.07. The van der Waals surface area contributed by atoms with E-state index in [1.165, 1.54) is 11.1 Å². The molecule has 154 valence electrons. The van der Waals surface area contributed by atoms with Gasteiger partial charge in [-0.1, -0.05) is 36.4 Å². The quantitative estimate of drug-likeness (QED) is 0.533. The Bertz CT molecular complexity index is 833. The fourth-order valence-electron chi connectivity index (χ4n) is 3.38. The summed E-state index contributed by atoms with van der Waals surface area (Å²) >= 11 is 0. The van der Waals surface area contributed by atoms with Gasteiger partial charge in [-0.2, -0.15) is 0 Å². The van der Waals surface area contributed by atoms with Crippen molar-refractivity contribution in [3.8, 4) is 5.75 Å². The first-order valence-corrected chi connectivity index (χ1v) is 10.2. The molecule has 1 aliphatic rings. The van der Waals surface area contributed by atoms with E-state index in [2.05, 4.69) is 34.7 Å². The molecule has 0 aromatic heterocycles. The van der Waals surface area contributed by atoms with Gasteiger partial charge in [0.1, 0.15) is 5.75 Å². The van der Waals surface area contributed by atoms with Crippen molar-refractivity contribution in [1.82, 2.24) is 15.5 Å². The number of nitrogens with zero attached hydrogens (tertiary/aromatic N) is 2. The Labute approximate surface area is 173 Å². The van der Waals surface area contributed by atoms with Gasteiger partial charge in [0.15, 0.2) is 5.96 Å². The SMILES string of the molecule is CCNC(=NCc1ccc(OC)cc1)NCc1ccccc1CN1CCCC1=O. The Morgan fingerprint density at radius 2 is 1.86 bits per heavy atom. The molecule has 0 radical (unpaired) electrons. The number of likely N-dealkylation sites (tertiary alicyclic amines) is 1. The molecule has 0 bridgehead atoms. The maximum absolute atomic E-state index is 12.0. The molecule has 0 spiro atoms. The number of methoxy groups -OCH3 is 1. The molecule has 3 rings (SSSR count). The van der Waals surface area contributed by atoms with Crippen LogP contribution in [0.5, 0.6) is 5.75 Å². The average Bonchev–Trinajstić information content (AvgIpc) is 3.16. The van der Waals surface area contributed by atoms with Gasteiger partial charge >= 0.3 is 0 Å². The molecule has 1 aliphatic heterocycles. The van der Waals surface area contributed by atoms with Crippen molar-refractivity contribution in [3.63, 3.8) is 0 Å². The first kappa shape index (κ1) is 20.7. The molecule has 0 unspecified atom stereocenters. The maximum Gasteiger partial charge on any atom is 0.222 e. The number of ether oxygens (including phenoxy) is 1. The average molecular weight is 395 g/mol. The van der Waals surface area contributed by atoms with Gasteiger partial charge < -0.3 is 20.3 Å². The van der Waals surface area contributed by atoms with Gasteiger partial charge in [0.25, 0.3) is 0 Å². The van der Waals surface area contributed by atoms with Crippen molar-refractivity contribution >= 4 is 11.9 Å². The van der Waals surface area contributed by atoms with Gasteiger partial charge in [0.2, 0.25) is 5.91 Å². The van der Waals surface area contributed by atoms with Crippen LogP contribution in [0, 0.1) is 0 Å². The van der Waals surface area contributed by atoms with E-state index >= 15 is 0 Å². The van der Waals surface area contributed by atoms with Gasteiger partial charge in [-0.3, -0.25) is 4.79 Å². The molecule has 1 heterocycles. The van der Waals surface area contributed by atoms with Crippen LogP contribution in [0.15, 0.2) is 53.5 Å². The van der Waals surface area contributed by atoms with E-state index in [0.29, 0.717) is 26.1 Å². The topological polar surface area (TPSA) is 66.0 Å². The van der Waals surface area contributed by atoms with E-state index in [-0.39, 0.29) is 5.91 Å². The van der Waals surface area contributed by atoms with Gasteiger partial charge in [0, 0.05) is 32.6 Å². The lowest BCUT2D eigenvalue weighted by molar-refractivity contribution is -0.128. The zero-order valence-electron chi connectivity index (χ0n) is 17.3. The summed E-state index contributed by atoms with van der Waals surface area (Å²) in [4.78, 5) is 18.6. The Morgan fingerprint density at radius 3 is 2.52 bits per heavy atom. The molecule has 1 amide bonds. The molecule has 1 fully saturated rings. The minimum absolute atomic E-state index is 0.252. The fraction of sp³-hybridized carbons (Fsp3) is 0.391.